The number of nitrogens with one attached hydrogen (secondary N) is 4. The van der Waals surface area contributed by atoms with Gasteiger partial charge in [0.1, 0.15) is 6.04 Å². The highest BCUT2D eigenvalue weighted by atomic mass is 16.4. The molecule has 0 fully saturated rings. The molecule has 2 aromatic rings. The lowest BCUT2D eigenvalue weighted by molar-refractivity contribution is -0.884. The van der Waals surface area contributed by atoms with E-state index in [1.165, 1.54) is 18.9 Å². The Morgan fingerprint density at radius 1 is 1.21 bits per heavy atom. The fourth-order valence-electron chi connectivity index (χ4n) is 3.11. The van der Waals surface area contributed by atoms with Gasteiger partial charge in [0.15, 0.2) is 13.1 Å². The summed E-state index contributed by atoms with van der Waals surface area (Å²) in [6, 6.07) is 9.15. The number of imidazole rings is 1. The molecule has 0 bridgehead atoms. The quantitative estimate of drug-likeness (QED) is 0.304. The minimum atomic E-state index is -0.965. The summed E-state index contributed by atoms with van der Waals surface area (Å²) in [7, 11) is 1.50. The summed E-state index contributed by atoms with van der Waals surface area (Å²) in [6.07, 6.45) is 4.93. The van der Waals surface area contributed by atoms with E-state index in [2.05, 4.69) is 20.6 Å². The summed E-state index contributed by atoms with van der Waals surface area (Å²) in [4.78, 5) is 43.2. The molecule has 5 N–H and O–H groups in total. The first-order valence-electron chi connectivity index (χ1n) is 9.55. The predicted octanol–water partition coefficient (Wildman–Crippen LogP) is -1.21. The molecule has 0 aliphatic carbocycles. The van der Waals surface area contributed by atoms with E-state index in [-0.39, 0.29) is 31.3 Å². The molecule has 1 heterocycles. The average molecular weight is 402 g/mol. The number of carboxylic acids is 1. The number of carbonyl (C=O) groups excluding carboxylic acids is 2. The lowest BCUT2D eigenvalue weighted by atomic mass is 10.1. The molecular formula is C20H28N5O4+. The maximum absolute atomic E-state index is 12.5. The lowest BCUT2D eigenvalue weighted by Gasteiger charge is -2.20. The number of aromatic nitrogens is 2. The molecule has 2 amide bonds. The van der Waals surface area contributed by atoms with E-state index < -0.39 is 12.0 Å². The third-order valence-corrected chi connectivity index (χ3v) is 4.53. The van der Waals surface area contributed by atoms with Crippen LogP contribution in [-0.4, -0.2) is 65.6 Å². The Hall–Kier alpha value is -3.20. The fraction of sp³-hybridized carbons (Fsp3) is 0.400. The van der Waals surface area contributed by atoms with Crippen LogP contribution < -0.4 is 15.5 Å². The van der Waals surface area contributed by atoms with Gasteiger partial charge in [0, 0.05) is 31.8 Å². The molecule has 1 unspecified atom stereocenters. The number of amides is 2. The molecule has 156 valence electrons. The predicted molar refractivity (Wildman–Crippen MR) is 106 cm³/mol. The summed E-state index contributed by atoms with van der Waals surface area (Å²) in [5, 5.41) is 14.4. The number of likely N-dealkylation sites (N-methyl/N-ethyl adjacent to an activating group) is 1. The average Bonchev–Trinajstić information content (AvgIpc) is 3.20. The third-order valence-electron chi connectivity index (χ3n) is 4.53. The number of nitrogens with zero attached hydrogens (tertiary/aromatic N) is 1. The molecule has 0 radical (unpaired) electrons. The summed E-state index contributed by atoms with van der Waals surface area (Å²) in [5.41, 5.74) is 1.89. The zero-order valence-electron chi connectivity index (χ0n) is 16.5. The number of aromatic amines is 1. The van der Waals surface area contributed by atoms with Crippen molar-refractivity contribution in [2.24, 2.45) is 0 Å². The van der Waals surface area contributed by atoms with E-state index in [4.69, 9.17) is 5.11 Å². The second-order valence-corrected chi connectivity index (χ2v) is 6.85. The van der Waals surface area contributed by atoms with E-state index in [9.17, 15) is 14.4 Å². The Morgan fingerprint density at radius 3 is 2.59 bits per heavy atom. The molecule has 9 heteroatoms. The van der Waals surface area contributed by atoms with Crippen LogP contribution in [0.1, 0.15) is 17.7 Å². The number of H-pyrrole nitrogens is 1. The summed E-state index contributed by atoms with van der Waals surface area (Å²) in [6.45, 7) is 0.366. The molecule has 29 heavy (non-hydrogen) atoms. The van der Waals surface area contributed by atoms with Gasteiger partial charge in [0.05, 0.1) is 12.9 Å². The second-order valence-electron chi connectivity index (χ2n) is 6.85. The molecule has 9 nitrogen and oxygen atoms in total. The van der Waals surface area contributed by atoms with Gasteiger partial charge in [-0.3, -0.25) is 9.59 Å². The van der Waals surface area contributed by atoms with E-state index in [0.717, 1.165) is 18.5 Å². The Kier molecular flexibility index (Phi) is 8.84. The molecule has 2 rings (SSSR count). The zero-order chi connectivity index (χ0) is 21.1. The van der Waals surface area contributed by atoms with Crippen LogP contribution in [0.3, 0.4) is 0 Å². The van der Waals surface area contributed by atoms with Crippen LogP contribution in [-0.2, 0) is 27.2 Å². The minimum absolute atomic E-state index is 0.0163. The molecule has 1 aromatic heterocycles. The van der Waals surface area contributed by atoms with E-state index in [1.54, 1.807) is 6.20 Å². The molecular weight excluding hydrogens is 374 g/mol. The van der Waals surface area contributed by atoms with Gasteiger partial charge >= 0.3 is 5.97 Å². The first kappa shape index (κ1) is 22.1. The van der Waals surface area contributed by atoms with Crippen LogP contribution >= 0.6 is 0 Å². The van der Waals surface area contributed by atoms with Gasteiger partial charge < -0.3 is 25.6 Å². The molecule has 0 saturated carbocycles. The first-order valence-corrected chi connectivity index (χ1v) is 9.55. The van der Waals surface area contributed by atoms with Crippen LogP contribution in [0.2, 0.25) is 0 Å². The van der Waals surface area contributed by atoms with Crippen LogP contribution in [0.25, 0.3) is 0 Å². The standard InChI is InChI=1S/C20H27N5O4/c1-21-20(29)17(10-16-11-22-14-23-16)24-18(26)12-25(13-19(27)28)9-5-8-15-6-3-2-4-7-15/h2-4,6-7,11,14,17H,5,8-10,12-13H2,1H3,(H,21,29)(H,22,23)(H,24,26)(H,27,28)/p+1/t17-/m0/s1. The molecule has 1 aromatic carbocycles. The van der Waals surface area contributed by atoms with Crippen LogP contribution in [0, 0.1) is 0 Å². The van der Waals surface area contributed by atoms with Crippen molar-refractivity contribution in [2.45, 2.75) is 25.3 Å². The van der Waals surface area contributed by atoms with Gasteiger partial charge in [-0.2, -0.15) is 0 Å². The molecule has 0 saturated heterocycles. The maximum atomic E-state index is 12.5. The van der Waals surface area contributed by atoms with Crippen LogP contribution in [0.15, 0.2) is 42.9 Å². The van der Waals surface area contributed by atoms with Crippen molar-refractivity contribution in [3.8, 4) is 0 Å². The fourth-order valence-corrected chi connectivity index (χ4v) is 3.11. The van der Waals surface area contributed by atoms with Crippen molar-refractivity contribution in [3.63, 3.8) is 0 Å². The van der Waals surface area contributed by atoms with Gasteiger partial charge in [-0.15, -0.1) is 0 Å². The monoisotopic (exact) mass is 402 g/mol. The van der Waals surface area contributed by atoms with Crippen molar-refractivity contribution in [2.75, 3.05) is 26.7 Å². The SMILES string of the molecule is CNC(=O)[C@H](Cc1cnc[nH]1)NC(=O)C[NH+](CCCc1ccccc1)CC(=O)O. The Balaban J connectivity index is 1.90. The van der Waals surface area contributed by atoms with Gasteiger partial charge in [0.2, 0.25) is 5.91 Å². The van der Waals surface area contributed by atoms with E-state index >= 15 is 0 Å². The summed E-state index contributed by atoms with van der Waals surface area (Å²) >= 11 is 0. The molecule has 2 atom stereocenters. The normalized spacial score (nSPS) is 12.7. The number of aliphatic carboxylic acids is 1. The highest BCUT2D eigenvalue weighted by Gasteiger charge is 2.24. The van der Waals surface area contributed by atoms with Gasteiger partial charge in [-0.25, -0.2) is 9.78 Å². The van der Waals surface area contributed by atoms with Crippen LogP contribution in [0.5, 0.6) is 0 Å². The molecule has 0 aliphatic heterocycles. The largest absolute Gasteiger partial charge is 0.477 e. The molecule has 0 spiro atoms. The van der Waals surface area contributed by atoms with Crippen molar-refractivity contribution in [3.05, 3.63) is 54.1 Å². The number of hydrogen-bond acceptors (Lipinski definition) is 4. The van der Waals surface area contributed by atoms with Crippen LogP contribution in [0.4, 0.5) is 0 Å². The summed E-state index contributed by atoms with van der Waals surface area (Å²) in [5.74, 6) is -1.65. The van der Waals surface area contributed by atoms with Gasteiger partial charge in [0.25, 0.3) is 5.91 Å². The highest BCUT2D eigenvalue weighted by Crippen LogP contribution is 2.01. The molecule has 0 aliphatic rings. The zero-order valence-corrected chi connectivity index (χ0v) is 16.5. The Labute approximate surface area is 169 Å². The van der Waals surface area contributed by atoms with Gasteiger partial charge in [-0.05, 0) is 12.0 Å². The first-order chi connectivity index (χ1) is 14.0. The maximum Gasteiger partial charge on any atom is 0.359 e. The number of quaternary nitrogens is 1. The number of carbonyl (C=O) groups is 3. The van der Waals surface area contributed by atoms with Gasteiger partial charge in [-0.1, -0.05) is 30.3 Å². The van der Waals surface area contributed by atoms with Crippen molar-refractivity contribution < 1.29 is 24.4 Å². The third kappa shape index (κ3) is 8.14. The number of carboxylic acid groups (broad SMARTS) is 1. The second kappa shape index (κ2) is 11.6. The minimum Gasteiger partial charge on any atom is -0.477 e. The highest BCUT2D eigenvalue weighted by molar-refractivity contribution is 5.88. The van der Waals surface area contributed by atoms with E-state index in [0.29, 0.717) is 11.4 Å². The Bertz CT molecular complexity index is 779. The number of benzene rings is 1. The van der Waals surface area contributed by atoms with E-state index in [1.807, 2.05) is 30.3 Å². The summed E-state index contributed by atoms with van der Waals surface area (Å²) < 4.78 is 0. The number of rotatable bonds is 12. The topological polar surface area (TPSA) is 129 Å². The number of hydrogen-bond donors (Lipinski definition) is 5. The van der Waals surface area contributed by atoms with Crippen molar-refractivity contribution in [1.82, 2.24) is 20.6 Å². The van der Waals surface area contributed by atoms with Crippen molar-refractivity contribution >= 4 is 17.8 Å². The van der Waals surface area contributed by atoms with Crippen molar-refractivity contribution in [1.29, 1.82) is 0 Å². The Morgan fingerprint density at radius 2 is 1.97 bits per heavy atom. The smallest absolute Gasteiger partial charge is 0.359 e. The number of aryl methyl sites for hydroxylation is 1. The lowest BCUT2D eigenvalue weighted by Crippen LogP contribution is -3.14.